The minimum atomic E-state index is 0.170. The van der Waals surface area contributed by atoms with Crippen LogP contribution in [0.3, 0.4) is 0 Å². The number of hydrogen-bond acceptors (Lipinski definition) is 2. The highest BCUT2D eigenvalue weighted by atomic mass is 16.5. The lowest BCUT2D eigenvalue weighted by atomic mass is 10.00. The molecule has 17 heavy (non-hydrogen) atoms. The van der Waals surface area contributed by atoms with Gasteiger partial charge in [-0.1, -0.05) is 13.0 Å². The zero-order valence-corrected chi connectivity index (χ0v) is 11.2. The Balaban J connectivity index is 3.06. The van der Waals surface area contributed by atoms with Crippen molar-refractivity contribution in [2.45, 2.75) is 39.7 Å². The largest absolute Gasteiger partial charge is 0.494 e. The number of hydrogen-bond donors (Lipinski definition) is 0. The first kappa shape index (κ1) is 13.6. The molecular weight excluding hydrogens is 212 g/mol. The first-order chi connectivity index (χ1) is 8.08. The quantitative estimate of drug-likeness (QED) is 0.688. The zero-order chi connectivity index (χ0) is 12.8. The summed E-state index contributed by atoms with van der Waals surface area (Å²) in [4.78, 5) is 0. The van der Waals surface area contributed by atoms with Crippen molar-refractivity contribution in [3.63, 3.8) is 0 Å². The van der Waals surface area contributed by atoms with Gasteiger partial charge in [0.25, 0.3) is 0 Å². The molecular formula is C15H22O2. The van der Waals surface area contributed by atoms with Gasteiger partial charge in [0.2, 0.25) is 0 Å². The van der Waals surface area contributed by atoms with E-state index in [9.17, 15) is 0 Å². The Labute approximate surface area is 104 Å². The van der Waals surface area contributed by atoms with Gasteiger partial charge in [-0.05, 0) is 39.0 Å². The van der Waals surface area contributed by atoms with Crippen LogP contribution < -0.4 is 9.47 Å². The molecule has 0 aliphatic carbocycles. The predicted octanol–water partition coefficient (Wildman–Crippen LogP) is 4.16. The summed E-state index contributed by atoms with van der Waals surface area (Å²) in [5.74, 6) is 2.05. The van der Waals surface area contributed by atoms with Crippen LogP contribution in [0.4, 0.5) is 0 Å². The van der Waals surface area contributed by atoms with Gasteiger partial charge in [-0.2, -0.15) is 0 Å². The number of allylic oxidation sites excluding steroid dienone is 1. The maximum Gasteiger partial charge on any atom is 0.123 e. The molecule has 0 saturated carbocycles. The molecule has 2 heteroatoms. The molecule has 2 nitrogen and oxygen atoms in total. The zero-order valence-electron chi connectivity index (χ0n) is 11.2. The minimum absolute atomic E-state index is 0.170. The third-order valence-corrected chi connectivity index (χ3v) is 2.50. The SMILES string of the molecule is C=CC(C)c1cc(OCC)ccc1OC(C)C. The van der Waals surface area contributed by atoms with Crippen molar-refractivity contribution < 1.29 is 9.47 Å². The molecule has 94 valence electrons. The standard InChI is InChI=1S/C15H22O2/c1-6-12(5)14-10-13(16-7-2)8-9-15(14)17-11(3)4/h6,8-12H,1,7H2,2-5H3. The van der Waals surface area contributed by atoms with Crippen LogP contribution in [0.5, 0.6) is 11.5 Å². The van der Waals surface area contributed by atoms with Gasteiger partial charge in [0.15, 0.2) is 0 Å². The fourth-order valence-corrected chi connectivity index (χ4v) is 1.63. The van der Waals surface area contributed by atoms with E-state index in [-0.39, 0.29) is 12.0 Å². The maximum atomic E-state index is 5.80. The van der Waals surface area contributed by atoms with E-state index in [1.165, 1.54) is 0 Å². The molecule has 1 rings (SSSR count). The second-order valence-corrected chi connectivity index (χ2v) is 4.32. The first-order valence-electron chi connectivity index (χ1n) is 6.14. The smallest absolute Gasteiger partial charge is 0.123 e. The van der Waals surface area contributed by atoms with E-state index in [2.05, 4.69) is 13.5 Å². The highest BCUT2D eigenvalue weighted by Gasteiger charge is 2.11. The Bertz CT molecular complexity index is 369. The summed E-state index contributed by atoms with van der Waals surface area (Å²) in [7, 11) is 0. The van der Waals surface area contributed by atoms with Crippen LogP contribution in [-0.4, -0.2) is 12.7 Å². The van der Waals surface area contributed by atoms with Crippen molar-refractivity contribution in [1.82, 2.24) is 0 Å². The van der Waals surface area contributed by atoms with Crippen LogP contribution in [0.2, 0.25) is 0 Å². The third-order valence-electron chi connectivity index (χ3n) is 2.50. The molecule has 1 aromatic rings. The lowest BCUT2D eigenvalue weighted by Gasteiger charge is -2.18. The van der Waals surface area contributed by atoms with Gasteiger partial charge in [-0.15, -0.1) is 6.58 Å². The summed E-state index contributed by atoms with van der Waals surface area (Å²) in [6.45, 7) is 12.6. The molecule has 0 N–H and O–H groups in total. The van der Waals surface area contributed by atoms with E-state index >= 15 is 0 Å². The highest BCUT2D eigenvalue weighted by molar-refractivity contribution is 5.43. The molecule has 0 saturated heterocycles. The highest BCUT2D eigenvalue weighted by Crippen LogP contribution is 2.31. The molecule has 0 amide bonds. The van der Waals surface area contributed by atoms with Crippen LogP contribution in [0.1, 0.15) is 39.2 Å². The molecule has 1 aromatic carbocycles. The monoisotopic (exact) mass is 234 g/mol. The Morgan fingerprint density at radius 3 is 2.53 bits per heavy atom. The molecule has 0 bridgehead atoms. The Hall–Kier alpha value is -1.44. The summed E-state index contributed by atoms with van der Waals surface area (Å²) >= 11 is 0. The van der Waals surface area contributed by atoms with Crippen LogP contribution >= 0.6 is 0 Å². The molecule has 0 fully saturated rings. The summed E-state index contributed by atoms with van der Waals surface area (Å²) in [5, 5.41) is 0. The van der Waals surface area contributed by atoms with Gasteiger partial charge in [-0.3, -0.25) is 0 Å². The molecule has 1 unspecified atom stereocenters. The number of benzene rings is 1. The predicted molar refractivity (Wildman–Crippen MR) is 72.0 cm³/mol. The van der Waals surface area contributed by atoms with Crippen molar-refractivity contribution in [3.8, 4) is 11.5 Å². The average molecular weight is 234 g/mol. The van der Waals surface area contributed by atoms with Crippen LogP contribution in [0, 0.1) is 0 Å². The van der Waals surface area contributed by atoms with E-state index in [1.807, 2.05) is 45.0 Å². The van der Waals surface area contributed by atoms with Crippen molar-refractivity contribution >= 4 is 0 Å². The molecule has 0 aliphatic heterocycles. The first-order valence-corrected chi connectivity index (χ1v) is 6.14. The summed E-state index contributed by atoms with van der Waals surface area (Å²) in [6, 6.07) is 5.95. The van der Waals surface area contributed by atoms with Gasteiger partial charge in [-0.25, -0.2) is 0 Å². The van der Waals surface area contributed by atoms with Gasteiger partial charge >= 0.3 is 0 Å². The van der Waals surface area contributed by atoms with Gasteiger partial charge in [0.05, 0.1) is 12.7 Å². The van der Waals surface area contributed by atoms with E-state index in [0.717, 1.165) is 17.1 Å². The fraction of sp³-hybridized carbons (Fsp3) is 0.467. The molecule has 0 heterocycles. The molecule has 0 aromatic heterocycles. The van der Waals surface area contributed by atoms with E-state index in [1.54, 1.807) is 0 Å². The summed E-state index contributed by atoms with van der Waals surface area (Å²) < 4.78 is 11.3. The molecule has 0 spiro atoms. The molecule has 0 radical (unpaired) electrons. The maximum absolute atomic E-state index is 5.80. The topological polar surface area (TPSA) is 18.5 Å². The van der Waals surface area contributed by atoms with Crippen molar-refractivity contribution in [2.24, 2.45) is 0 Å². The van der Waals surface area contributed by atoms with Gasteiger partial charge < -0.3 is 9.47 Å². The van der Waals surface area contributed by atoms with Crippen molar-refractivity contribution in [1.29, 1.82) is 0 Å². The summed E-state index contributed by atoms with van der Waals surface area (Å²) in [6.07, 6.45) is 2.09. The van der Waals surface area contributed by atoms with Crippen LogP contribution in [0.25, 0.3) is 0 Å². The van der Waals surface area contributed by atoms with E-state index in [0.29, 0.717) is 6.61 Å². The Morgan fingerprint density at radius 1 is 1.29 bits per heavy atom. The fourth-order valence-electron chi connectivity index (χ4n) is 1.63. The van der Waals surface area contributed by atoms with Crippen LogP contribution in [-0.2, 0) is 0 Å². The van der Waals surface area contributed by atoms with Crippen LogP contribution in [0.15, 0.2) is 30.9 Å². The Morgan fingerprint density at radius 2 is 2.00 bits per heavy atom. The lowest BCUT2D eigenvalue weighted by molar-refractivity contribution is 0.239. The van der Waals surface area contributed by atoms with E-state index < -0.39 is 0 Å². The average Bonchev–Trinajstić information content (AvgIpc) is 2.30. The van der Waals surface area contributed by atoms with Crippen molar-refractivity contribution in [3.05, 3.63) is 36.4 Å². The minimum Gasteiger partial charge on any atom is -0.494 e. The molecule has 1 atom stereocenters. The molecule has 0 aliphatic rings. The summed E-state index contributed by atoms with van der Waals surface area (Å²) in [5.41, 5.74) is 1.12. The number of ether oxygens (including phenoxy) is 2. The van der Waals surface area contributed by atoms with Crippen molar-refractivity contribution in [2.75, 3.05) is 6.61 Å². The van der Waals surface area contributed by atoms with Gasteiger partial charge in [0, 0.05) is 11.5 Å². The number of rotatable bonds is 6. The second-order valence-electron chi connectivity index (χ2n) is 4.32. The second kappa shape index (κ2) is 6.33. The Kier molecular flexibility index (Phi) is 5.08. The lowest BCUT2D eigenvalue weighted by Crippen LogP contribution is -2.08. The van der Waals surface area contributed by atoms with Gasteiger partial charge in [0.1, 0.15) is 11.5 Å². The normalized spacial score (nSPS) is 12.3. The third kappa shape index (κ3) is 3.81. The van der Waals surface area contributed by atoms with E-state index in [4.69, 9.17) is 9.47 Å².